The van der Waals surface area contributed by atoms with Crippen LogP contribution < -0.4 is 0 Å². The summed E-state index contributed by atoms with van der Waals surface area (Å²) in [5.74, 6) is 0.690. The number of aromatic nitrogens is 1. The van der Waals surface area contributed by atoms with Gasteiger partial charge in [0.25, 0.3) is 11.1 Å². The lowest BCUT2D eigenvalue weighted by molar-refractivity contribution is 0.0570. The molecule has 1 aromatic heterocycles. The maximum Gasteiger partial charge on any atom is 0.409 e. The monoisotopic (exact) mass is 439 g/mol. The third-order valence-corrected chi connectivity index (χ3v) is 6.08. The molecule has 1 fully saturated rings. The summed E-state index contributed by atoms with van der Waals surface area (Å²) in [5.41, 5.74) is 4.55. The van der Waals surface area contributed by atoms with Crippen LogP contribution in [0.25, 0.3) is 11.1 Å². The molecule has 31 heavy (non-hydrogen) atoms. The molecule has 8 heteroatoms. The van der Waals surface area contributed by atoms with Gasteiger partial charge in [-0.15, -0.1) is 0 Å². The number of benzene rings is 2. The highest BCUT2D eigenvalue weighted by molar-refractivity contribution is 7.98. The van der Waals surface area contributed by atoms with Gasteiger partial charge in [-0.1, -0.05) is 30.0 Å². The summed E-state index contributed by atoms with van der Waals surface area (Å²) < 4.78 is 10.8. The lowest BCUT2D eigenvalue weighted by Crippen LogP contribution is -2.50. The molecule has 0 unspecified atom stereocenters. The number of amides is 2. The van der Waals surface area contributed by atoms with E-state index in [4.69, 9.17) is 9.15 Å². The Bertz CT molecular complexity index is 1070. The number of piperazine rings is 1. The zero-order valence-electron chi connectivity index (χ0n) is 17.7. The van der Waals surface area contributed by atoms with Crippen LogP contribution in [0.4, 0.5) is 4.79 Å². The van der Waals surface area contributed by atoms with Gasteiger partial charge in [-0.2, -0.15) is 0 Å². The molecule has 0 aliphatic carbocycles. The van der Waals surface area contributed by atoms with E-state index in [1.165, 1.54) is 11.8 Å². The molecule has 0 radical (unpaired) electrons. The minimum Gasteiger partial charge on any atom is -0.450 e. The second-order valence-electron chi connectivity index (χ2n) is 7.41. The SMILES string of the molecule is CCOC(=O)N1CCN(C(=O)c2ccc(CSc3nc4cc(C)ccc4o3)cc2)CC1. The Kier molecular flexibility index (Phi) is 6.46. The number of thioether (sulfide) groups is 1. The van der Waals surface area contributed by atoms with Gasteiger partial charge in [0.05, 0.1) is 6.61 Å². The molecule has 3 aromatic rings. The van der Waals surface area contributed by atoms with E-state index < -0.39 is 0 Å². The van der Waals surface area contributed by atoms with Gasteiger partial charge in [-0.05, 0) is 49.2 Å². The molecule has 1 saturated heterocycles. The molecule has 4 rings (SSSR count). The number of fused-ring (bicyclic) bond motifs is 1. The van der Waals surface area contributed by atoms with Crippen LogP contribution in [0.15, 0.2) is 52.1 Å². The van der Waals surface area contributed by atoms with Crippen molar-refractivity contribution in [3.05, 3.63) is 59.2 Å². The molecule has 0 spiro atoms. The number of nitrogens with zero attached hydrogens (tertiary/aromatic N) is 3. The highest BCUT2D eigenvalue weighted by atomic mass is 32.2. The van der Waals surface area contributed by atoms with Gasteiger partial charge in [0.2, 0.25) is 0 Å². The van der Waals surface area contributed by atoms with Crippen LogP contribution in [0.5, 0.6) is 0 Å². The first-order chi connectivity index (χ1) is 15.0. The van der Waals surface area contributed by atoms with Crippen molar-refractivity contribution < 1.29 is 18.7 Å². The molecule has 2 aromatic carbocycles. The average Bonchev–Trinajstić information content (AvgIpc) is 3.20. The van der Waals surface area contributed by atoms with Gasteiger partial charge in [0, 0.05) is 37.5 Å². The normalized spacial score (nSPS) is 14.1. The van der Waals surface area contributed by atoms with Crippen molar-refractivity contribution in [1.29, 1.82) is 0 Å². The van der Waals surface area contributed by atoms with Crippen molar-refractivity contribution in [2.24, 2.45) is 0 Å². The lowest BCUT2D eigenvalue weighted by atomic mass is 10.1. The van der Waals surface area contributed by atoms with E-state index in [-0.39, 0.29) is 12.0 Å². The molecular weight excluding hydrogens is 414 g/mol. The van der Waals surface area contributed by atoms with E-state index in [1.54, 1.807) is 16.7 Å². The summed E-state index contributed by atoms with van der Waals surface area (Å²) in [5, 5.41) is 0.639. The minimum atomic E-state index is -0.314. The van der Waals surface area contributed by atoms with E-state index in [9.17, 15) is 9.59 Å². The summed E-state index contributed by atoms with van der Waals surface area (Å²) >= 11 is 1.53. The van der Waals surface area contributed by atoms with E-state index in [2.05, 4.69) is 4.98 Å². The zero-order valence-corrected chi connectivity index (χ0v) is 18.5. The topological polar surface area (TPSA) is 75.9 Å². The van der Waals surface area contributed by atoms with E-state index in [1.807, 2.05) is 49.4 Å². The Labute approximate surface area is 185 Å². The van der Waals surface area contributed by atoms with Crippen LogP contribution in [0, 0.1) is 6.92 Å². The fourth-order valence-electron chi connectivity index (χ4n) is 3.46. The van der Waals surface area contributed by atoms with Crippen molar-refractivity contribution >= 4 is 34.9 Å². The standard InChI is InChI=1S/C23H25N3O4S/c1-3-29-23(28)26-12-10-25(11-13-26)21(27)18-7-5-17(6-8-18)15-31-22-24-19-14-16(2)4-9-20(19)30-22/h4-9,14H,3,10-13,15H2,1-2H3. The van der Waals surface area contributed by atoms with Crippen molar-refractivity contribution in [3.63, 3.8) is 0 Å². The first-order valence-corrected chi connectivity index (χ1v) is 11.3. The molecule has 0 N–H and O–H groups in total. The Morgan fingerprint density at radius 1 is 1.06 bits per heavy atom. The predicted octanol–water partition coefficient (Wildman–Crippen LogP) is 4.34. The summed E-state index contributed by atoms with van der Waals surface area (Å²) in [6.07, 6.45) is -0.314. The Morgan fingerprint density at radius 2 is 1.77 bits per heavy atom. The van der Waals surface area contributed by atoms with E-state index in [0.29, 0.717) is 49.3 Å². The number of ether oxygens (including phenoxy) is 1. The van der Waals surface area contributed by atoms with Gasteiger partial charge in [0.1, 0.15) is 5.52 Å². The molecule has 2 amide bonds. The van der Waals surface area contributed by atoms with E-state index >= 15 is 0 Å². The van der Waals surface area contributed by atoms with Crippen LogP contribution in [-0.2, 0) is 10.5 Å². The van der Waals surface area contributed by atoms with Crippen molar-refractivity contribution in [1.82, 2.24) is 14.8 Å². The van der Waals surface area contributed by atoms with E-state index in [0.717, 1.165) is 22.2 Å². The molecule has 1 aliphatic heterocycles. The summed E-state index contributed by atoms with van der Waals surface area (Å²) in [4.78, 5) is 32.5. The van der Waals surface area contributed by atoms with Crippen LogP contribution >= 0.6 is 11.8 Å². The molecule has 2 heterocycles. The molecule has 0 bridgehead atoms. The summed E-state index contributed by atoms with van der Waals surface area (Å²) in [6.45, 7) is 6.16. The average molecular weight is 440 g/mol. The smallest absolute Gasteiger partial charge is 0.409 e. The first kappa shape index (κ1) is 21.2. The van der Waals surface area contributed by atoms with Gasteiger partial charge in [-0.25, -0.2) is 9.78 Å². The third kappa shape index (κ3) is 5.02. The van der Waals surface area contributed by atoms with Crippen molar-refractivity contribution in [2.75, 3.05) is 32.8 Å². The molecule has 162 valence electrons. The zero-order chi connectivity index (χ0) is 21.8. The molecule has 1 aliphatic rings. The quantitative estimate of drug-likeness (QED) is 0.551. The third-order valence-electron chi connectivity index (χ3n) is 5.18. The van der Waals surface area contributed by atoms with Gasteiger partial charge < -0.3 is 19.0 Å². The number of rotatable bonds is 5. The fourth-order valence-corrected chi connectivity index (χ4v) is 4.25. The number of hydrogen-bond acceptors (Lipinski definition) is 6. The number of carbonyl (C=O) groups excluding carboxylic acids is 2. The van der Waals surface area contributed by atoms with Crippen molar-refractivity contribution in [2.45, 2.75) is 24.8 Å². The van der Waals surface area contributed by atoms with Crippen LogP contribution in [0.3, 0.4) is 0 Å². The Balaban J connectivity index is 1.31. The van der Waals surface area contributed by atoms with Gasteiger partial charge >= 0.3 is 6.09 Å². The second kappa shape index (κ2) is 9.43. The summed E-state index contributed by atoms with van der Waals surface area (Å²) in [6, 6.07) is 13.6. The number of carbonyl (C=O) groups is 2. The fraction of sp³-hybridized carbons (Fsp3) is 0.348. The first-order valence-electron chi connectivity index (χ1n) is 10.3. The van der Waals surface area contributed by atoms with Crippen molar-refractivity contribution in [3.8, 4) is 0 Å². The van der Waals surface area contributed by atoms with Gasteiger partial charge in [0.15, 0.2) is 5.58 Å². The highest BCUT2D eigenvalue weighted by Gasteiger charge is 2.25. The van der Waals surface area contributed by atoms with Crippen LogP contribution in [0.1, 0.15) is 28.4 Å². The summed E-state index contributed by atoms with van der Waals surface area (Å²) in [7, 11) is 0. The lowest BCUT2D eigenvalue weighted by Gasteiger charge is -2.34. The van der Waals surface area contributed by atoms with Crippen LogP contribution in [0.2, 0.25) is 0 Å². The number of aryl methyl sites for hydroxylation is 1. The largest absolute Gasteiger partial charge is 0.450 e. The number of hydrogen-bond donors (Lipinski definition) is 0. The second-order valence-corrected chi connectivity index (χ2v) is 8.34. The molecular formula is C23H25N3O4S. The number of oxazole rings is 1. The molecule has 0 atom stereocenters. The molecule has 7 nitrogen and oxygen atoms in total. The maximum absolute atomic E-state index is 12.8. The highest BCUT2D eigenvalue weighted by Crippen LogP contribution is 2.27. The van der Waals surface area contributed by atoms with Gasteiger partial charge in [-0.3, -0.25) is 4.79 Å². The Hall–Kier alpha value is -3.00. The minimum absolute atomic E-state index is 0.0166. The molecule has 0 saturated carbocycles. The van der Waals surface area contributed by atoms with Crippen LogP contribution in [-0.4, -0.2) is 59.6 Å². The maximum atomic E-state index is 12.8. The Morgan fingerprint density at radius 3 is 2.48 bits per heavy atom. The predicted molar refractivity (Wildman–Crippen MR) is 119 cm³/mol.